The standard InChI is InChI=1S/C9H12N4O/c1-12-2-3-13(7-12)8-4-10-9(6-14)11-5-8/h2-5,14H,6-7H2,1H3. The van der Waals surface area contributed by atoms with Gasteiger partial charge in [-0.25, -0.2) is 9.97 Å². The maximum atomic E-state index is 8.78. The molecule has 0 bridgehead atoms. The van der Waals surface area contributed by atoms with Crippen LogP contribution in [-0.4, -0.2) is 33.7 Å². The van der Waals surface area contributed by atoms with Crippen LogP contribution in [0.5, 0.6) is 0 Å². The first-order valence-electron chi connectivity index (χ1n) is 4.36. The quantitative estimate of drug-likeness (QED) is 0.722. The Morgan fingerprint density at radius 3 is 2.57 bits per heavy atom. The molecule has 0 spiro atoms. The molecule has 0 aromatic carbocycles. The topological polar surface area (TPSA) is 52.5 Å². The van der Waals surface area contributed by atoms with E-state index in [1.54, 1.807) is 12.4 Å². The van der Waals surface area contributed by atoms with E-state index in [0.29, 0.717) is 5.82 Å². The SMILES string of the molecule is CN1C=CN(c2cnc(CO)nc2)C1. The van der Waals surface area contributed by atoms with Gasteiger partial charge in [0.15, 0.2) is 5.82 Å². The molecule has 1 aliphatic rings. The minimum atomic E-state index is -0.115. The van der Waals surface area contributed by atoms with Gasteiger partial charge in [0.1, 0.15) is 6.61 Å². The first-order valence-corrected chi connectivity index (χ1v) is 4.36. The van der Waals surface area contributed by atoms with Crippen molar-refractivity contribution in [2.24, 2.45) is 0 Å². The Morgan fingerprint density at radius 1 is 1.36 bits per heavy atom. The zero-order chi connectivity index (χ0) is 9.97. The van der Waals surface area contributed by atoms with Crippen molar-refractivity contribution in [1.82, 2.24) is 14.9 Å². The second-order valence-electron chi connectivity index (χ2n) is 3.18. The summed E-state index contributed by atoms with van der Waals surface area (Å²) in [6.45, 7) is 0.692. The number of hydrogen-bond acceptors (Lipinski definition) is 5. The maximum absolute atomic E-state index is 8.78. The fourth-order valence-electron chi connectivity index (χ4n) is 1.27. The van der Waals surface area contributed by atoms with E-state index < -0.39 is 0 Å². The van der Waals surface area contributed by atoms with Crippen molar-refractivity contribution in [1.29, 1.82) is 0 Å². The maximum Gasteiger partial charge on any atom is 0.153 e. The molecule has 74 valence electrons. The van der Waals surface area contributed by atoms with E-state index in [1.165, 1.54) is 0 Å². The van der Waals surface area contributed by atoms with Crippen molar-refractivity contribution in [2.45, 2.75) is 6.61 Å². The van der Waals surface area contributed by atoms with Crippen LogP contribution in [-0.2, 0) is 6.61 Å². The highest BCUT2D eigenvalue weighted by Crippen LogP contribution is 2.15. The lowest BCUT2D eigenvalue weighted by Gasteiger charge is -2.17. The average molecular weight is 192 g/mol. The van der Waals surface area contributed by atoms with Crippen LogP contribution in [0.25, 0.3) is 0 Å². The molecule has 0 aliphatic carbocycles. The lowest BCUT2D eigenvalue weighted by Crippen LogP contribution is -2.21. The van der Waals surface area contributed by atoms with Crippen LogP contribution in [0.2, 0.25) is 0 Å². The third-order valence-electron chi connectivity index (χ3n) is 2.04. The monoisotopic (exact) mass is 192 g/mol. The highest BCUT2D eigenvalue weighted by molar-refractivity contribution is 5.46. The highest BCUT2D eigenvalue weighted by atomic mass is 16.3. The summed E-state index contributed by atoms with van der Waals surface area (Å²) in [6.07, 6.45) is 7.38. The van der Waals surface area contributed by atoms with E-state index in [1.807, 2.05) is 24.3 Å². The molecule has 2 rings (SSSR count). The van der Waals surface area contributed by atoms with Gasteiger partial charge in [-0.15, -0.1) is 0 Å². The number of rotatable bonds is 2. The fourth-order valence-corrected chi connectivity index (χ4v) is 1.27. The molecule has 2 heterocycles. The third kappa shape index (κ3) is 1.67. The smallest absolute Gasteiger partial charge is 0.153 e. The lowest BCUT2D eigenvalue weighted by molar-refractivity contribution is 0.271. The number of aromatic nitrogens is 2. The van der Waals surface area contributed by atoms with Crippen molar-refractivity contribution in [3.8, 4) is 0 Å². The van der Waals surface area contributed by atoms with Gasteiger partial charge in [-0.3, -0.25) is 0 Å². The largest absolute Gasteiger partial charge is 0.388 e. The Kier molecular flexibility index (Phi) is 2.32. The number of nitrogens with zero attached hydrogens (tertiary/aromatic N) is 4. The molecule has 0 unspecified atom stereocenters. The van der Waals surface area contributed by atoms with Gasteiger partial charge >= 0.3 is 0 Å². The first kappa shape index (κ1) is 8.96. The second-order valence-corrected chi connectivity index (χ2v) is 3.18. The van der Waals surface area contributed by atoms with E-state index >= 15 is 0 Å². The number of anilines is 1. The molecule has 1 N–H and O–H groups in total. The Balaban J connectivity index is 2.14. The van der Waals surface area contributed by atoms with Crippen LogP contribution in [0.15, 0.2) is 24.8 Å². The predicted molar refractivity (Wildman–Crippen MR) is 52.2 cm³/mol. The van der Waals surface area contributed by atoms with Crippen LogP contribution in [0.4, 0.5) is 5.69 Å². The second kappa shape index (κ2) is 3.63. The molecule has 14 heavy (non-hydrogen) atoms. The van der Waals surface area contributed by atoms with Gasteiger partial charge in [0.2, 0.25) is 0 Å². The molecule has 1 aromatic heterocycles. The summed E-state index contributed by atoms with van der Waals surface area (Å²) in [5, 5.41) is 8.78. The number of aliphatic hydroxyl groups is 1. The van der Waals surface area contributed by atoms with Crippen molar-refractivity contribution >= 4 is 5.69 Å². The summed E-state index contributed by atoms with van der Waals surface area (Å²) < 4.78 is 0. The van der Waals surface area contributed by atoms with Crippen LogP contribution < -0.4 is 4.90 Å². The molecular formula is C9H12N4O. The zero-order valence-electron chi connectivity index (χ0n) is 7.96. The Hall–Kier alpha value is -1.62. The van der Waals surface area contributed by atoms with Gasteiger partial charge in [-0.2, -0.15) is 0 Å². The lowest BCUT2D eigenvalue weighted by atomic mass is 10.4. The van der Waals surface area contributed by atoms with Gasteiger partial charge in [-0.1, -0.05) is 0 Å². The molecule has 0 amide bonds. The zero-order valence-corrected chi connectivity index (χ0v) is 7.96. The number of aliphatic hydroxyl groups excluding tert-OH is 1. The van der Waals surface area contributed by atoms with E-state index in [4.69, 9.17) is 5.11 Å². The Labute approximate surface area is 82.3 Å². The van der Waals surface area contributed by atoms with Crippen molar-refractivity contribution in [3.63, 3.8) is 0 Å². The van der Waals surface area contributed by atoms with Gasteiger partial charge < -0.3 is 14.9 Å². The van der Waals surface area contributed by atoms with Crippen molar-refractivity contribution in [3.05, 3.63) is 30.6 Å². The summed E-state index contributed by atoms with van der Waals surface area (Å²) >= 11 is 0. The van der Waals surface area contributed by atoms with Crippen molar-refractivity contribution in [2.75, 3.05) is 18.6 Å². The molecule has 0 saturated carbocycles. The molecule has 0 radical (unpaired) electrons. The fraction of sp³-hybridized carbons (Fsp3) is 0.333. The first-order chi connectivity index (χ1) is 6.79. The molecular weight excluding hydrogens is 180 g/mol. The highest BCUT2D eigenvalue weighted by Gasteiger charge is 2.10. The predicted octanol–water partition coefficient (Wildman–Crippen LogP) is 0.149. The Bertz CT molecular complexity index is 335. The average Bonchev–Trinajstić information content (AvgIpc) is 2.65. The normalized spacial score (nSPS) is 15.3. The summed E-state index contributed by atoms with van der Waals surface area (Å²) in [5.41, 5.74) is 0.933. The van der Waals surface area contributed by atoms with E-state index in [9.17, 15) is 0 Å². The van der Waals surface area contributed by atoms with Gasteiger partial charge in [0.25, 0.3) is 0 Å². The summed E-state index contributed by atoms with van der Waals surface area (Å²) in [4.78, 5) is 12.1. The summed E-state index contributed by atoms with van der Waals surface area (Å²) in [6, 6.07) is 0. The van der Waals surface area contributed by atoms with E-state index in [-0.39, 0.29) is 6.61 Å². The van der Waals surface area contributed by atoms with E-state index in [0.717, 1.165) is 12.4 Å². The molecule has 5 nitrogen and oxygen atoms in total. The minimum Gasteiger partial charge on any atom is -0.388 e. The van der Waals surface area contributed by atoms with Crippen LogP contribution >= 0.6 is 0 Å². The minimum absolute atomic E-state index is 0.115. The molecule has 1 aromatic rings. The molecule has 5 heteroatoms. The van der Waals surface area contributed by atoms with Crippen molar-refractivity contribution < 1.29 is 5.11 Å². The molecule has 0 atom stereocenters. The van der Waals surface area contributed by atoms with Gasteiger partial charge in [-0.05, 0) is 0 Å². The third-order valence-corrected chi connectivity index (χ3v) is 2.04. The van der Waals surface area contributed by atoms with E-state index in [2.05, 4.69) is 14.9 Å². The Morgan fingerprint density at radius 2 is 2.07 bits per heavy atom. The van der Waals surface area contributed by atoms with Gasteiger partial charge in [0.05, 0.1) is 24.7 Å². The van der Waals surface area contributed by atoms with Crippen LogP contribution in [0.1, 0.15) is 5.82 Å². The summed E-state index contributed by atoms with van der Waals surface area (Å²) in [5.74, 6) is 0.449. The molecule has 0 saturated heterocycles. The van der Waals surface area contributed by atoms with Crippen LogP contribution in [0.3, 0.4) is 0 Å². The van der Waals surface area contributed by atoms with Crippen LogP contribution in [0, 0.1) is 0 Å². The van der Waals surface area contributed by atoms with Gasteiger partial charge in [0, 0.05) is 19.4 Å². The summed E-state index contributed by atoms with van der Waals surface area (Å²) in [7, 11) is 2.00. The number of hydrogen-bond donors (Lipinski definition) is 1. The molecule has 0 fully saturated rings. The molecule has 1 aliphatic heterocycles.